The summed E-state index contributed by atoms with van der Waals surface area (Å²) < 4.78 is 27.4. The smallest absolute Gasteiger partial charge is 0.242 e. The van der Waals surface area contributed by atoms with Gasteiger partial charge in [-0.1, -0.05) is 32.4 Å². The molecular formula is C14H24N2O2S. The average Bonchev–Trinajstić information content (AvgIpc) is 2.37. The Morgan fingerprint density at radius 1 is 1.21 bits per heavy atom. The van der Waals surface area contributed by atoms with Crippen LogP contribution in [0.15, 0.2) is 29.2 Å². The Morgan fingerprint density at radius 3 is 2.42 bits per heavy atom. The molecule has 0 radical (unpaired) electrons. The minimum atomic E-state index is -3.47. The van der Waals surface area contributed by atoms with Gasteiger partial charge < -0.3 is 5.32 Å². The first-order valence-corrected chi connectivity index (χ1v) is 8.18. The van der Waals surface area contributed by atoms with Crippen LogP contribution in [0.4, 0.5) is 5.69 Å². The minimum absolute atomic E-state index is 0.0649. The Hall–Kier alpha value is -1.07. The normalized spacial score (nSPS) is 14.9. The molecule has 19 heavy (non-hydrogen) atoms. The fraction of sp³-hybridized carbons (Fsp3) is 0.571. The summed E-state index contributed by atoms with van der Waals surface area (Å²) in [6.07, 6.45) is 1.90. The fourth-order valence-electron chi connectivity index (χ4n) is 2.05. The molecule has 5 heteroatoms. The van der Waals surface area contributed by atoms with E-state index in [1.54, 1.807) is 25.2 Å². The number of para-hydroxylation sites is 1. The molecule has 0 aromatic heterocycles. The summed E-state index contributed by atoms with van der Waals surface area (Å²) in [5.41, 5.74) is 0.616. The summed E-state index contributed by atoms with van der Waals surface area (Å²) in [6, 6.07) is 6.85. The molecule has 0 spiro atoms. The molecule has 2 atom stereocenters. The molecule has 0 saturated carbocycles. The predicted octanol–water partition coefficient (Wildman–Crippen LogP) is 2.83. The van der Waals surface area contributed by atoms with Crippen molar-refractivity contribution >= 4 is 15.7 Å². The molecule has 2 N–H and O–H groups in total. The maximum Gasteiger partial charge on any atom is 0.242 e. The SMILES string of the molecule is CCC(C)CC(C)NS(=O)(=O)c1ccccc1NC. The van der Waals surface area contributed by atoms with Gasteiger partial charge in [0.25, 0.3) is 0 Å². The van der Waals surface area contributed by atoms with Gasteiger partial charge in [0.15, 0.2) is 0 Å². The van der Waals surface area contributed by atoms with Crippen molar-refractivity contribution in [3.8, 4) is 0 Å². The summed E-state index contributed by atoms with van der Waals surface area (Å²) in [5, 5.41) is 2.91. The summed E-state index contributed by atoms with van der Waals surface area (Å²) in [6.45, 7) is 6.15. The number of anilines is 1. The molecule has 0 fully saturated rings. The molecule has 4 nitrogen and oxygen atoms in total. The van der Waals surface area contributed by atoms with E-state index >= 15 is 0 Å². The molecule has 1 aromatic rings. The molecule has 1 aromatic carbocycles. The van der Waals surface area contributed by atoms with E-state index in [0.717, 1.165) is 12.8 Å². The molecular weight excluding hydrogens is 260 g/mol. The van der Waals surface area contributed by atoms with Gasteiger partial charge in [0.2, 0.25) is 10.0 Å². The summed E-state index contributed by atoms with van der Waals surface area (Å²) in [5.74, 6) is 0.511. The van der Waals surface area contributed by atoms with Crippen LogP contribution in [-0.2, 0) is 10.0 Å². The van der Waals surface area contributed by atoms with E-state index in [1.807, 2.05) is 13.0 Å². The molecule has 1 rings (SSSR count). The first-order valence-electron chi connectivity index (χ1n) is 6.69. The first kappa shape index (κ1) is 16.0. The second-order valence-electron chi connectivity index (χ2n) is 5.02. The number of nitrogens with one attached hydrogen (secondary N) is 2. The Kier molecular flexibility index (Phi) is 5.82. The fourth-order valence-corrected chi connectivity index (χ4v) is 3.52. The van der Waals surface area contributed by atoms with Crippen LogP contribution in [0, 0.1) is 5.92 Å². The van der Waals surface area contributed by atoms with Crippen molar-refractivity contribution in [2.45, 2.75) is 44.6 Å². The van der Waals surface area contributed by atoms with Crippen molar-refractivity contribution in [3.63, 3.8) is 0 Å². The zero-order valence-corrected chi connectivity index (χ0v) is 12.9. The molecule has 0 heterocycles. The van der Waals surface area contributed by atoms with Gasteiger partial charge in [0, 0.05) is 13.1 Å². The molecule has 2 unspecified atom stereocenters. The van der Waals surface area contributed by atoms with Gasteiger partial charge in [0.1, 0.15) is 4.90 Å². The average molecular weight is 284 g/mol. The Morgan fingerprint density at radius 2 is 1.84 bits per heavy atom. The Balaban J connectivity index is 2.86. The van der Waals surface area contributed by atoms with Gasteiger partial charge in [-0.05, 0) is 31.4 Å². The quantitative estimate of drug-likeness (QED) is 0.809. The van der Waals surface area contributed by atoms with Gasteiger partial charge in [-0.2, -0.15) is 0 Å². The van der Waals surface area contributed by atoms with Crippen molar-refractivity contribution in [2.75, 3.05) is 12.4 Å². The lowest BCUT2D eigenvalue weighted by atomic mass is 10.0. The van der Waals surface area contributed by atoms with Gasteiger partial charge in [-0.25, -0.2) is 13.1 Å². The number of rotatable bonds is 7. The molecule has 0 bridgehead atoms. The number of benzene rings is 1. The van der Waals surface area contributed by atoms with Crippen molar-refractivity contribution in [1.82, 2.24) is 4.72 Å². The highest BCUT2D eigenvalue weighted by atomic mass is 32.2. The number of hydrogen-bond acceptors (Lipinski definition) is 3. The lowest BCUT2D eigenvalue weighted by Gasteiger charge is -2.18. The van der Waals surface area contributed by atoms with Gasteiger partial charge in [0.05, 0.1) is 5.69 Å². The Labute approximate surface area is 116 Å². The monoisotopic (exact) mass is 284 g/mol. The van der Waals surface area contributed by atoms with E-state index in [0.29, 0.717) is 16.5 Å². The summed E-state index contributed by atoms with van der Waals surface area (Å²) in [4.78, 5) is 0.300. The van der Waals surface area contributed by atoms with E-state index in [4.69, 9.17) is 0 Å². The molecule has 0 aliphatic rings. The van der Waals surface area contributed by atoms with Crippen LogP contribution in [-0.4, -0.2) is 21.5 Å². The first-order chi connectivity index (χ1) is 8.90. The van der Waals surface area contributed by atoms with E-state index in [2.05, 4.69) is 23.9 Å². The third-order valence-electron chi connectivity index (χ3n) is 3.26. The molecule has 0 saturated heterocycles. The van der Waals surface area contributed by atoms with Crippen LogP contribution >= 0.6 is 0 Å². The lowest BCUT2D eigenvalue weighted by Crippen LogP contribution is -2.34. The molecule has 0 aliphatic carbocycles. The largest absolute Gasteiger partial charge is 0.387 e. The highest BCUT2D eigenvalue weighted by molar-refractivity contribution is 7.89. The minimum Gasteiger partial charge on any atom is -0.387 e. The van der Waals surface area contributed by atoms with E-state index in [9.17, 15) is 8.42 Å². The lowest BCUT2D eigenvalue weighted by molar-refractivity contribution is 0.445. The summed E-state index contributed by atoms with van der Waals surface area (Å²) in [7, 11) is -1.75. The number of sulfonamides is 1. The van der Waals surface area contributed by atoms with E-state index < -0.39 is 10.0 Å². The zero-order chi connectivity index (χ0) is 14.5. The number of hydrogen-bond donors (Lipinski definition) is 2. The highest BCUT2D eigenvalue weighted by Gasteiger charge is 2.20. The standard InChI is InChI=1S/C14H24N2O2S/c1-5-11(2)10-12(3)16-19(17,18)14-9-7-6-8-13(14)15-4/h6-9,11-12,15-16H,5,10H2,1-4H3. The maximum atomic E-state index is 12.3. The van der Waals surface area contributed by atoms with Crippen molar-refractivity contribution in [3.05, 3.63) is 24.3 Å². The van der Waals surface area contributed by atoms with Crippen LogP contribution < -0.4 is 10.0 Å². The topological polar surface area (TPSA) is 58.2 Å². The summed E-state index contributed by atoms with van der Waals surface area (Å²) >= 11 is 0. The van der Waals surface area contributed by atoms with Crippen LogP contribution in [0.25, 0.3) is 0 Å². The van der Waals surface area contributed by atoms with Crippen molar-refractivity contribution < 1.29 is 8.42 Å². The highest BCUT2D eigenvalue weighted by Crippen LogP contribution is 2.21. The van der Waals surface area contributed by atoms with Gasteiger partial charge >= 0.3 is 0 Å². The van der Waals surface area contributed by atoms with Crippen molar-refractivity contribution in [2.24, 2.45) is 5.92 Å². The second kappa shape index (κ2) is 6.91. The van der Waals surface area contributed by atoms with E-state index in [-0.39, 0.29) is 6.04 Å². The second-order valence-corrected chi connectivity index (χ2v) is 6.70. The van der Waals surface area contributed by atoms with Crippen LogP contribution in [0.2, 0.25) is 0 Å². The Bertz CT molecular complexity index is 500. The van der Waals surface area contributed by atoms with Crippen LogP contribution in [0.1, 0.15) is 33.6 Å². The van der Waals surface area contributed by atoms with Crippen LogP contribution in [0.5, 0.6) is 0 Å². The van der Waals surface area contributed by atoms with Crippen LogP contribution in [0.3, 0.4) is 0 Å². The molecule has 0 aliphatic heterocycles. The maximum absolute atomic E-state index is 12.3. The van der Waals surface area contributed by atoms with Gasteiger partial charge in [-0.3, -0.25) is 0 Å². The zero-order valence-electron chi connectivity index (χ0n) is 12.1. The third kappa shape index (κ3) is 4.51. The van der Waals surface area contributed by atoms with Crippen molar-refractivity contribution in [1.29, 1.82) is 0 Å². The van der Waals surface area contributed by atoms with Gasteiger partial charge in [-0.15, -0.1) is 0 Å². The molecule has 0 amide bonds. The third-order valence-corrected chi connectivity index (χ3v) is 4.90. The predicted molar refractivity (Wildman–Crippen MR) is 79.8 cm³/mol. The molecule has 108 valence electrons. The van der Waals surface area contributed by atoms with E-state index in [1.165, 1.54) is 0 Å².